The van der Waals surface area contributed by atoms with Gasteiger partial charge in [0.15, 0.2) is 6.10 Å². The summed E-state index contributed by atoms with van der Waals surface area (Å²) in [7, 11) is 0. The third kappa shape index (κ3) is 3.62. The molecule has 1 aliphatic carbocycles. The van der Waals surface area contributed by atoms with Gasteiger partial charge in [-0.1, -0.05) is 30.3 Å². The predicted molar refractivity (Wildman–Crippen MR) is 89.4 cm³/mol. The minimum Gasteiger partial charge on any atom is -0.448 e. The lowest BCUT2D eigenvalue weighted by molar-refractivity contribution is -0.130. The van der Waals surface area contributed by atoms with Gasteiger partial charge in [-0.15, -0.1) is 0 Å². The summed E-state index contributed by atoms with van der Waals surface area (Å²) in [6.07, 6.45) is 3.61. The van der Waals surface area contributed by atoms with Crippen molar-refractivity contribution in [3.63, 3.8) is 0 Å². The number of fused-ring (bicyclic) bond motifs is 1. The first kappa shape index (κ1) is 16.2. The van der Waals surface area contributed by atoms with E-state index < -0.39 is 12.1 Å². The van der Waals surface area contributed by atoms with Gasteiger partial charge in [-0.25, -0.2) is 9.78 Å². The van der Waals surface area contributed by atoms with E-state index in [0.717, 1.165) is 24.8 Å². The minimum atomic E-state index is -0.867. The molecule has 1 amide bonds. The average molecular weight is 324 g/mol. The summed E-state index contributed by atoms with van der Waals surface area (Å²) in [4.78, 5) is 28.3. The zero-order valence-corrected chi connectivity index (χ0v) is 13.6. The van der Waals surface area contributed by atoms with Crippen LogP contribution < -0.4 is 5.32 Å². The number of carbonyl (C=O) groups is 2. The Morgan fingerprint density at radius 3 is 2.79 bits per heavy atom. The van der Waals surface area contributed by atoms with Crippen molar-refractivity contribution in [2.75, 3.05) is 0 Å². The number of amides is 1. The van der Waals surface area contributed by atoms with Crippen LogP contribution in [0.1, 0.15) is 47.4 Å². The molecule has 24 heavy (non-hydrogen) atoms. The Bertz CT molecular complexity index is 730. The molecule has 5 heteroatoms. The van der Waals surface area contributed by atoms with Gasteiger partial charge in [0.1, 0.15) is 5.69 Å². The molecular weight excluding hydrogens is 304 g/mol. The largest absolute Gasteiger partial charge is 0.448 e. The Morgan fingerprint density at radius 2 is 2.00 bits per heavy atom. The number of ether oxygens (including phenoxy) is 1. The summed E-state index contributed by atoms with van der Waals surface area (Å²) < 4.78 is 5.21. The molecule has 0 saturated heterocycles. The molecule has 0 unspecified atom stereocenters. The third-order valence-electron chi connectivity index (χ3n) is 4.21. The maximum absolute atomic E-state index is 12.4. The highest BCUT2D eigenvalue weighted by molar-refractivity contribution is 5.90. The fraction of sp³-hybridized carbons (Fsp3) is 0.316. The monoisotopic (exact) mass is 324 g/mol. The van der Waals surface area contributed by atoms with Crippen LogP contribution in [0, 0.1) is 0 Å². The van der Waals surface area contributed by atoms with E-state index in [9.17, 15) is 9.59 Å². The fourth-order valence-electron chi connectivity index (χ4n) is 2.95. The van der Waals surface area contributed by atoms with Crippen LogP contribution in [0.4, 0.5) is 0 Å². The van der Waals surface area contributed by atoms with Crippen LogP contribution in [0.3, 0.4) is 0 Å². The Morgan fingerprint density at radius 1 is 1.21 bits per heavy atom. The Hall–Kier alpha value is -2.69. The molecule has 1 heterocycles. The van der Waals surface area contributed by atoms with Crippen LogP contribution >= 0.6 is 0 Å². The van der Waals surface area contributed by atoms with E-state index >= 15 is 0 Å². The fourth-order valence-corrected chi connectivity index (χ4v) is 2.95. The van der Waals surface area contributed by atoms with Crippen molar-refractivity contribution >= 4 is 11.9 Å². The molecule has 5 nitrogen and oxygen atoms in total. The smallest absolute Gasteiger partial charge is 0.357 e. The van der Waals surface area contributed by atoms with Gasteiger partial charge in [0.25, 0.3) is 5.91 Å². The molecule has 3 rings (SSSR count). The number of benzene rings is 1. The van der Waals surface area contributed by atoms with Crippen molar-refractivity contribution in [1.82, 2.24) is 10.3 Å². The number of rotatable bonds is 4. The highest BCUT2D eigenvalue weighted by Gasteiger charge is 2.25. The van der Waals surface area contributed by atoms with Gasteiger partial charge in [-0.2, -0.15) is 0 Å². The number of nitrogens with one attached hydrogen (secondary N) is 1. The molecule has 1 aromatic heterocycles. The van der Waals surface area contributed by atoms with Crippen molar-refractivity contribution in [2.45, 2.75) is 38.3 Å². The number of hydrogen-bond donors (Lipinski definition) is 1. The summed E-state index contributed by atoms with van der Waals surface area (Å²) in [5.41, 5.74) is 2.62. The molecular formula is C19H20N2O3. The summed E-state index contributed by atoms with van der Waals surface area (Å²) in [6.45, 7) is 1.57. The van der Waals surface area contributed by atoms with Crippen molar-refractivity contribution in [3.8, 4) is 0 Å². The maximum atomic E-state index is 12.4. The Kier molecular flexibility index (Phi) is 4.89. The van der Waals surface area contributed by atoms with Crippen molar-refractivity contribution in [2.24, 2.45) is 0 Å². The van der Waals surface area contributed by atoms with Gasteiger partial charge in [-0.3, -0.25) is 4.79 Å². The van der Waals surface area contributed by atoms with E-state index in [2.05, 4.69) is 16.4 Å². The second-order valence-electron chi connectivity index (χ2n) is 5.91. The minimum absolute atomic E-state index is 0.0292. The van der Waals surface area contributed by atoms with Crippen molar-refractivity contribution < 1.29 is 14.3 Å². The molecule has 1 aliphatic rings. The number of nitrogens with zero attached hydrogens (tertiary/aromatic N) is 1. The van der Waals surface area contributed by atoms with Gasteiger partial charge in [0.05, 0.1) is 6.04 Å². The van der Waals surface area contributed by atoms with Crippen LogP contribution in [0.25, 0.3) is 0 Å². The van der Waals surface area contributed by atoms with Gasteiger partial charge >= 0.3 is 5.97 Å². The van der Waals surface area contributed by atoms with Crippen LogP contribution in [-0.4, -0.2) is 23.0 Å². The number of carbonyl (C=O) groups excluding carboxylic acids is 2. The van der Waals surface area contributed by atoms with Gasteiger partial charge < -0.3 is 10.1 Å². The summed E-state index contributed by atoms with van der Waals surface area (Å²) in [6, 6.07) is 13.1. The van der Waals surface area contributed by atoms with E-state index in [1.807, 2.05) is 18.2 Å². The Labute approximate surface area is 141 Å². The second-order valence-corrected chi connectivity index (χ2v) is 5.91. The first-order valence-corrected chi connectivity index (χ1v) is 8.15. The zero-order chi connectivity index (χ0) is 16.9. The predicted octanol–water partition coefficient (Wildman–Crippen LogP) is 2.82. The SMILES string of the molecule is C[C@@H](OC(=O)c1ccccn1)C(=O)N[C@@H]1CCCc2ccccc21. The first-order chi connectivity index (χ1) is 11.6. The summed E-state index contributed by atoms with van der Waals surface area (Å²) in [5.74, 6) is -0.886. The second kappa shape index (κ2) is 7.25. The highest BCUT2D eigenvalue weighted by atomic mass is 16.5. The molecule has 0 aliphatic heterocycles. The normalized spacial score (nSPS) is 17.5. The number of esters is 1. The lowest BCUT2D eigenvalue weighted by Gasteiger charge is -2.27. The average Bonchev–Trinajstić information content (AvgIpc) is 2.62. The van der Waals surface area contributed by atoms with E-state index in [0.29, 0.717) is 0 Å². The molecule has 124 valence electrons. The van der Waals surface area contributed by atoms with E-state index in [-0.39, 0.29) is 17.6 Å². The van der Waals surface area contributed by atoms with Crippen LogP contribution in [0.2, 0.25) is 0 Å². The van der Waals surface area contributed by atoms with Gasteiger partial charge in [0.2, 0.25) is 0 Å². The molecule has 2 atom stereocenters. The highest BCUT2D eigenvalue weighted by Crippen LogP contribution is 2.29. The van der Waals surface area contributed by atoms with E-state index in [1.54, 1.807) is 25.1 Å². The molecule has 1 N–H and O–H groups in total. The quantitative estimate of drug-likeness (QED) is 0.878. The molecule has 0 fully saturated rings. The molecule has 2 aromatic rings. The van der Waals surface area contributed by atoms with Crippen molar-refractivity contribution in [3.05, 3.63) is 65.5 Å². The number of hydrogen-bond acceptors (Lipinski definition) is 4. The van der Waals surface area contributed by atoms with Crippen molar-refractivity contribution in [1.29, 1.82) is 0 Å². The lowest BCUT2D eigenvalue weighted by Crippen LogP contribution is -2.39. The Balaban J connectivity index is 1.62. The first-order valence-electron chi connectivity index (χ1n) is 8.15. The lowest BCUT2D eigenvalue weighted by atomic mass is 9.87. The van der Waals surface area contributed by atoms with Gasteiger partial charge in [-0.05, 0) is 49.4 Å². The number of aromatic nitrogens is 1. The number of aryl methyl sites for hydroxylation is 1. The standard InChI is InChI=1S/C19H20N2O3/c1-13(24-19(23)17-10-4-5-12-20-17)18(22)21-16-11-6-8-14-7-2-3-9-15(14)16/h2-5,7,9-10,12-13,16H,6,8,11H2,1H3,(H,21,22)/t13-,16-/m1/s1. The molecule has 0 radical (unpaired) electrons. The maximum Gasteiger partial charge on any atom is 0.357 e. The van der Waals surface area contributed by atoms with E-state index in [1.165, 1.54) is 11.8 Å². The molecule has 0 bridgehead atoms. The topological polar surface area (TPSA) is 68.3 Å². The van der Waals surface area contributed by atoms with Crippen LogP contribution in [0.5, 0.6) is 0 Å². The number of pyridine rings is 1. The molecule has 1 aromatic carbocycles. The van der Waals surface area contributed by atoms with Gasteiger partial charge in [0, 0.05) is 6.20 Å². The summed E-state index contributed by atoms with van der Waals surface area (Å²) >= 11 is 0. The van der Waals surface area contributed by atoms with Crippen LogP contribution in [0.15, 0.2) is 48.7 Å². The summed E-state index contributed by atoms with van der Waals surface area (Å²) in [5, 5.41) is 3.00. The van der Waals surface area contributed by atoms with Crippen LogP contribution in [-0.2, 0) is 16.0 Å². The molecule has 0 spiro atoms. The van der Waals surface area contributed by atoms with E-state index in [4.69, 9.17) is 4.74 Å². The third-order valence-corrected chi connectivity index (χ3v) is 4.21. The molecule has 0 saturated carbocycles. The zero-order valence-electron chi connectivity index (χ0n) is 13.6.